The summed E-state index contributed by atoms with van der Waals surface area (Å²) in [6.07, 6.45) is 3.94. The Bertz CT molecular complexity index is 528. The van der Waals surface area contributed by atoms with Crippen molar-refractivity contribution in [3.8, 4) is 0 Å². The van der Waals surface area contributed by atoms with Crippen molar-refractivity contribution in [2.45, 2.75) is 44.6 Å². The molecule has 1 aromatic rings. The summed E-state index contributed by atoms with van der Waals surface area (Å²) < 4.78 is 5.39. The van der Waals surface area contributed by atoms with Gasteiger partial charge < -0.3 is 15.4 Å². The van der Waals surface area contributed by atoms with Crippen LogP contribution in [-0.4, -0.2) is 43.2 Å². The summed E-state index contributed by atoms with van der Waals surface area (Å²) in [5, 5.41) is 0. The molecule has 2 fully saturated rings. The van der Waals surface area contributed by atoms with E-state index in [0.717, 1.165) is 52.0 Å². The maximum atomic E-state index is 12.9. The zero-order valence-corrected chi connectivity index (χ0v) is 14.7. The van der Waals surface area contributed by atoms with E-state index in [4.69, 9.17) is 10.5 Å². The molecule has 4 nitrogen and oxygen atoms in total. The Morgan fingerprint density at radius 3 is 2.62 bits per heavy atom. The fourth-order valence-electron chi connectivity index (χ4n) is 4.27. The van der Waals surface area contributed by atoms with Gasteiger partial charge in [-0.15, -0.1) is 0 Å². The van der Waals surface area contributed by atoms with Gasteiger partial charge >= 0.3 is 0 Å². The van der Waals surface area contributed by atoms with E-state index in [1.807, 2.05) is 4.90 Å². The van der Waals surface area contributed by atoms with Gasteiger partial charge in [0.1, 0.15) is 0 Å². The Hall–Kier alpha value is -1.39. The van der Waals surface area contributed by atoms with Crippen molar-refractivity contribution < 1.29 is 9.53 Å². The highest BCUT2D eigenvalue weighted by Gasteiger charge is 2.35. The first-order valence-corrected chi connectivity index (χ1v) is 9.37. The molecule has 0 aliphatic carbocycles. The topological polar surface area (TPSA) is 55.6 Å². The lowest BCUT2D eigenvalue weighted by Gasteiger charge is -2.40. The summed E-state index contributed by atoms with van der Waals surface area (Å²) in [6, 6.07) is 10.4. The molecular weight excluding hydrogens is 300 g/mol. The minimum atomic E-state index is -0.361. The first kappa shape index (κ1) is 17.4. The summed E-state index contributed by atoms with van der Waals surface area (Å²) in [7, 11) is 0. The normalized spacial score (nSPS) is 27.0. The fourth-order valence-corrected chi connectivity index (χ4v) is 4.27. The molecule has 3 unspecified atom stereocenters. The number of piperidine rings is 1. The van der Waals surface area contributed by atoms with Gasteiger partial charge in [-0.3, -0.25) is 4.79 Å². The molecule has 132 valence electrons. The van der Waals surface area contributed by atoms with Gasteiger partial charge in [0.15, 0.2) is 0 Å². The van der Waals surface area contributed by atoms with E-state index in [1.54, 1.807) is 0 Å². The molecule has 2 N–H and O–H groups in total. The average molecular weight is 330 g/mol. The molecule has 1 amide bonds. The lowest BCUT2D eigenvalue weighted by Crippen LogP contribution is -2.52. The third-order valence-corrected chi connectivity index (χ3v) is 5.86. The molecule has 0 spiro atoms. The van der Waals surface area contributed by atoms with Crippen LogP contribution in [0.25, 0.3) is 0 Å². The standard InChI is InChI=1S/C20H30N2O2/c1-2-15-14-22(11-8-18(15)16-6-4-3-5-7-16)20(23)19(21)17-9-12-24-13-10-17/h3-7,15,17-19H,2,8-14,21H2,1H3. The fraction of sp³-hybridized carbons (Fsp3) is 0.650. The molecule has 3 atom stereocenters. The van der Waals surface area contributed by atoms with Crippen molar-refractivity contribution in [2.24, 2.45) is 17.6 Å². The number of hydrogen-bond acceptors (Lipinski definition) is 3. The number of carbonyl (C=O) groups is 1. The molecule has 0 aromatic heterocycles. The molecule has 2 aliphatic heterocycles. The van der Waals surface area contributed by atoms with Crippen LogP contribution in [0, 0.1) is 11.8 Å². The third-order valence-electron chi connectivity index (χ3n) is 5.86. The maximum Gasteiger partial charge on any atom is 0.239 e. The monoisotopic (exact) mass is 330 g/mol. The highest BCUT2D eigenvalue weighted by Crippen LogP contribution is 2.35. The number of amides is 1. The van der Waals surface area contributed by atoms with E-state index in [2.05, 4.69) is 37.3 Å². The van der Waals surface area contributed by atoms with Crippen LogP contribution >= 0.6 is 0 Å². The summed E-state index contributed by atoms with van der Waals surface area (Å²) in [5.41, 5.74) is 7.72. The zero-order valence-electron chi connectivity index (χ0n) is 14.7. The molecule has 0 bridgehead atoms. The van der Waals surface area contributed by atoms with Crippen LogP contribution in [0.4, 0.5) is 0 Å². The van der Waals surface area contributed by atoms with Gasteiger partial charge in [0.25, 0.3) is 0 Å². The second-order valence-electron chi connectivity index (χ2n) is 7.23. The molecule has 0 radical (unpaired) electrons. The van der Waals surface area contributed by atoms with E-state index in [9.17, 15) is 4.79 Å². The quantitative estimate of drug-likeness (QED) is 0.923. The minimum absolute atomic E-state index is 0.145. The highest BCUT2D eigenvalue weighted by molar-refractivity contribution is 5.82. The van der Waals surface area contributed by atoms with Gasteiger partial charge in [0, 0.05) is 26.3 Å². The van der Waals surface area contributed by atoms with Crippen LogP contribution in [0.2, 0.25) is 0 Å². The Morgan fingerprint density at radius 1 is 1.25 bits per heavy atom. The van der Waals surface area contributed by atoms with Crippen LogP contribution in [0.1, 0.15) is 44.1 Å². The Labute approximate surface area is 145 Å². The molecule has 4 heteroatoms. The molecule has 0 saturated carbocycles. The van der Waals surface area contributed by atoms with E-state index in [0.29, 0.717) is 11.8 Å². The molecule has 2 aliphatic rings. The van der Waals surface area contributed by atoms with Gasteiger partial charge in [0.05, 0.1) is 6.04 Å². The van der Waals surface area contributed by atoms with Gasteiger partial charge in [-0.1, -0.05) is 43.7 Å². The molecule has 24 heavy (non-hydrogen) atoms. The van der Waals surface area contributed by atoms with E-state index < -0.39 is 0 Å². The van der Waals surface area contributed by atoms with Crippen LogP contribution in [0.3, 0.4) is 0 Å². The third kappa shape index (κ3) is 3.81. The number of ether oxygens (including phenoxy) is 1. The van der Waals surface area contributed by atoms with Crippen molar-refractivity contribution >= 4 is 5.91 Å². The molecular formula is C20H30N2O2. The Morgan fingerprint density at radius 2 is 1.96 bits per heavy atom. The van der Waals surface area contributed by atoms with Gasteiger partial charge in [-0.25, -0.2) is 0 Å². The van der Waals surface area contributed by atoms with Crippen molar-refractivity contribution in [1.82, 2.24) is 4.90 Å². The largest absolute Gasteiger partial charge is 0.381 e. The number of nitrogens with zero attached hydrogens (tertiary/aromatic N) is 1. The number of rotatable bonds is 4. The molecule has 1 aromatic carbocycles. The minimum Gasteiger partial charge on any atom is -0.381 e. The zero-order chi connectivity index (χ0) is 16.9. The summed E-state index contributed by atoms with van der Waals surface area (Å²) >= 11 is 0. The number of likely N-dealkylation sites (tertiary alicyclic amines) is 1. The predicted molar refractivity (Wildman–Crippen MR) is 95.7 cm³/mol. The van der Waals surface area contributed by atoms with Crippen LogP contribution in [-0.2, 0) is 9.53 Å². The molecule has 2 saturated heterocycles. The van der Waals surface area contributed by atoms with E-state index >= 15 is 0 Å². The second-order valence-corrected chi connectivity index (χ2v) is 7.23. The van der Waals surface area contributed by atoms with E-state index in [-0.39, 0.29) is 17.9 Å². The van der Waals surface area contributed by atoms with Gasteiger partial charge in [-0.05, 0) is 42.6 Å². The second kappa shape index (κ2) is 8.13. The van der Waals surface area contributed by atoms with Crippen molar-refractivity contribution in [1.29, 1.82) is 0 Å². The van der Waals surface area contributed by atoms with Crippen molar-refractivity contribution in [2.75, 3.05) is 26.3 Å². The number of benzene rings is 1. The lowest BCUT2D eigenvalue weighted by atomic mass is 9.78. The lowest BCUT2D eigenvalue weighted by molar-refractivity contribution is -0.136. The first-order valence-electron chi connectivity index (χ1n) is 9.37. The van der Waals surface area contributed by atoms with Crippen molar-refractivity contribution in [3.05, 3.63) is 35.9 Å². The van der Waals surface area contributed by atoms with Crippen LogP contribution in [0.15, 0.2) is 30.3 Å². The Balaban J connectivity index is 1.63. The highest BCUT2D eigenvalue weighted by atomic mass is 16.5. The molecule has 3 rings (SSSR count). The maximum absolute atomic E-state index is 12.9. The van der Waals surface area contributed by atoms with Crippen LogP contribution < -0.4 is 5.73 Å². The van der Waals surface area contributed by atoms with Crippen molar-refractivity contribution in [3.63, 3.8) is 0 Å². The SMILES string of the molecule is CCC1CN(C(=O)C(N)C2CCOCC2)CCC1c1ccccc1. The average Bonchev–Trinajstić information content (AvgIpc) is 2.67. The first-order chi connectivity index (χ1) is 11.7. The predicted octanol–water partition coefficient (Wildman–Crippen LogP) is 2.78. The van der Waals surface area contributed by atoms with Crippen LogP contribution in [0.5, 0.6) is 0 Å². The number of nitrogens with two attached hydrogens (primary N) is 1. The summed E-state index contributed by atoms with van der Waals surface area (Å²) in [6.45, 7) is 5.36. The summed E-state index contributed by atoms with van der Waals surface area (Å²) in [4.78, 5) is 14.9. The Kier molecular flexibility index (Phi) is 5.90. The van der Waals surface area contributed by atoms with Gasteiger partial charge in [-0.2, -0.15) is 0 Å². The number of carbonyl (C=O) groups excluding carboxylic acids is 1. The smallest absolute Gasteiger partial charge is 0.239 e. The summed E-state index contributed by atoms with van der Waals surface area (Å²) in [5.74, 6) is 1.50. The van der Waals surface area contributed by atoms with Gasteiger partial charge in [0.2, 0.25) is 5.91 Å². The molecule has 2 heterocycles. The van der Waals surface area contributed by atoms with E-state index in [1.165, 1.54) is 5.56 Å². The number of hydrogen-bond donors (Lipinski definition) is 1.